The van der Waals surface area contributed by atoms with Gasteiger partial charge in [0, 0.05) is 22.6 Å². The summed E-state index contributed by atoms with van der Waals surface area (Å²) in [4.78, 5) is 14.4. The molecule has 0 aliphatic rings. The Labute approximate surface area is 172 Å². The molecular formula is C25H21NO2S. The van der Waals surface area contributed by atoms with Crippen molar-refractivity contribution >= 4 is 33.2 Å². The Balaban J connectivity index is 1.77. The first-order valence-corrected chi connectivity index (χ1v) is 10.6. The first-order chi connectivity index (χ1) is 14.0. The number of aryl methyl sites for hydroxylation is 1. The number of nitrogens with zero attached hydrogens (tertiary/aromatic N) is 1. The maximum atomic E-state index is 13.2. The van der Waals surface area contributed by atoms with Crippen molar-refractivity contribution in [3.8, 4) is 0 Å². The molecule has 0 spiro atoms. The average molecular weight is 400 g/mol. The second-order valence-corrected chi connectivity index (χ2v) is 8.44. The van der Waals surface area contributed by atoms with E-state index in [0.29, 0.717) is 4.90 Å². The molecule has 3 aromatic carbocycles. The highest BCUT2D eigenvalue weighted by atomic mass is 32.2. The summed E-state index contributed by atoms with van der Waals surface area (Å²) in [6.07, 6.45) is 3.33. The van der Waals surface area contributed by atoms with Gasteiger partial charge in [0.1, 0.15) is 0 Å². The largest absolute Gasteiger partial charge is 0.282 e. The highest BCUT2D eigenvalue weighted by Crippen LogP contribution is 2.28. The van der Waals surface area contributed by atoms with Gasteiger partial charge in [-0.2, -0.15) is 0 Å². The Hall–Kier alpha value is -3.24. The van der Waals surface area contributed by atoms with E-state index in [9.17, 15) is 9.00 Å². The van der Waals surface area contributed by atoms with Crippen LogP contribution in [0.3, 0.4) is 0 Å². The fourth-order valence-electron chi connectivity index (χ4n) is 3.31. The lowest BCUT2D eigenvalue weighted by atomic mass is 10.1. The summed E-state index contributed by atoms with van der Waals surface area (Å²) in [6.45, 7) is 3.92. The van der Waals surface area contributed by atoms with Gasteiger partial charge in [0.15, 0.2) is 0 Å². The van der Waals surface area contributed by atoms with Crippen molar-refractivity contribution in [2.75, 3.05) is 0 Å². The van der Waals surface area contributed by atoms with Crippen LogP contribution in [-0.4, -0.2) is 14.7 Å². The summed E-state index contributed by atoms with van der Waals surface area (Å²) in [5.41, 5.74) is 3.75. The van der Waals surface area contributed by atoms with Crippen LogP contribution in [0.4, 0.5) is 0 Å². The normalized spacial score (nSPS) is 12.8. The SMILES string of the molecule is C/C(=C\C(=O)n1cc(S(=O)c2ccc(C)cc2)c2ccccc21)c1ccccc1. The van der Waals surface area contributed by atoms with E-state index >= 15 is 0 Å². The molecule has 29 heavy (non-hydrogen) atoms. The van der Waals surface area contributed by atoms with Gasteiger partial charge in [-0.1, -0.05) is 66.2 Å². The highest BCUT2D eigenvalue weighted by molar-refractivity contribution is 7.85. The summed E-state index contributed by atoms with van der Waals surface area (Å²) < 4.78 is 14.8. The number of fused-ring (bicyclic) bond motifs is 1. The van der Waals surface area contributed by atoms with Gasteiger partial charge in [-0.3, -0.25) is 9.36 Å². The van der Waals surface area contributed by atoms with E-state index in [1.54, 1.807) is 16.8 Å². The molecule has 1 heterocycles. The van der Waals surface area contributed by atoms with Gasteiger partial charge in [0.25, 0.3) is 5.91 Å². The topological polar surface area (TPSA) is 39.1 Å². The lowest BCUT2D eigenvalue weighted by Crippen LogP contribution is -2.06. The second-order valence-electron chi connectivity index (χ2n) is 6.99. The van der Waals surface area contributed by atoms with Gasteiger partial charge in [0.2, 0.25) is 0 Å². The number of rotatable bonds is 4. The Morgan fingerprint density at radius 2 is 1.55 bits per heavy atom. The van der Waals surface area contributed by atoms with E-state index in [-0.39, 0.29) is 5.91 Å². The van der Waals surface area contributed by atoms with Crippen molar-refractivity contribution in [1.29, 1.82) is 0 Å². The van der Waals surface area contributed by atoms with Crippen molar-refractivity contribution < 1.29 is 9.00 Å². The smallest absolute Gasteiger partial charge is 0.255 e. The number of allylic oxidation sites excluding steroid dienone is 2. The van der Waals surface area contributed by atoms with Crippen LogP contribution in [0.15, 0.2) is 101 Å². The number of benzene rings is 3. The zero-order valence-corrected chi connectivity index (χ0v) is 17.1. The van der Waals surface area contributed by atoms with E-state index in [4.69, 9.17) is 0 Å². The van der Waals surface area contributed by atoms with Crippen LogP contribution in [-0.2, 0) is 10.8 Å². The number of para-hydroxylation sites is 1. The Bertz CT molecular complexity index is 1240. The Morgan fingerprint density at radius 1 is 0.897 bits per heavy atom. The molecule has 0 fully saturated rings. The zero-order valence-electron chi connectivity index (χ0n) is 16.3. The number of carbonyl (C=O) groups is 1. The maximum Gasteiger partial charge on any atom is 0.255 e. The molecule has 144 valence electrons. The van der Waals surface area contributed by atoms with E-state index < -0.39 is 10.8 Å². The minimum atomic E-state index is -1.37. The molecule has 0 amide bonds. The van der Waals surface area contributed by atoms with Crippen LogP contribution < -0.4 is 0 Å². The number of hydrogen-bond donors (Lipinski definition) is 0. The fraction of sp³-hybridized carbons (Fsp3) is 0.0800. The molecule has 0 saturated heterocycles. The number of hydrogen-bond acceptors (Lipinski definition) is 2. The first-order valence-electron chi connectivity index (χ1n) is 9.41. The molecule has 3 nitrogen and oxygen atoms in total. The minimum Gasteiger partial charge on any atom is -0.282 e. The van der Waals surface area contributed by atoms with Crippen molar-refractivity contribution in [2.45, 2.75) is 23.6 Å². The van der Waals surface area contributed by atoms with Crippen LogP contribution >= 0.6 is 0 Å². The maximum absolute atomic E-state index is 13.2. The van der Waals surface area contributed by atoms with Crippen molar-refractivity contribution in [3.63, 3.8) is 0 Å². The third kappa shape index (κ3) is 3.84. The first kappa shape index (κ1) is 19.1. The van der Waals surface area contributed by atoms with Crippen LogP contribution in [0.1, 0.15) is 22.8 Å². The molecule has 0 aliphatic carbocycles. The third-order valence-electron chi connectivity index (χ3n) is 4.92. The third-order valence-corrected chi connectivity index (χ3v) is 6.34. The predicted molar refractivity (Wildman–Crippen MR) is 119 cm³/mol. The highest BCUT2D eigenvalue weighted by Gasteiger charge is 2.18. The molecule has 1 aromatic heterocycles. The molecule has 4 rings (SSSR count). The van der Waals surface area contributed by atoms with Gasteiger partial charge in [-0.15, -0.1) is 0 Å². The van der Waals surface area contributed by atoms with E-state index in [1.807, 2.05) is 92.7 Å². The molecule has 0 N–H and O–H groups in total. The lowest BCUT2D eigenvalue weighted by Gasteiger charge is -2.03. The van der Waals surface area contributed by atoms with Gasteiger partial charge < -0.3 is 0 Å². The lowest BCUT2D eigenvalue weighted by molar-refractivity contribution is 0.0974. The van der Waals surface area contributed by atoms with Crippen LogP contribution in [0, 0.1) is 6.92 Å². The number of carbonyl (C=O) groups excluding carboxylic acids is 1. The van der Waals surface area contributed by atoms with Crippen molar-refractivity contribution in [2.24, 2.45) is 0 Å². The summed E-state index contributed by atoms with van der Waals surface area (Å²) in [5.74, 6) is -0.158. The molecule has 0 radical (unpaired) electrons. The molecular weight excluding hydrogens is 378 g/mol. The van der Waals surface area contributed by atoms with E-state index in [1.165, 1.54) is 0 Å². The Kier molecular flexibility index (Phi) is 5.28. The molecule has 4 aromatic rings. The van der Waals surface area contributed by atoms with Crippen LogP contribution in [0.5, 0.6) is 0 Å². The summed E-state index contributed by atoms with van der Waals surface area (Å²) in [5, 5.41) is 0.825. The summed E-state index contributed by atoms with van der Waals surface area (Å²) in [6, 6.07) is 25.0. The molecule has 0 aliphatic heterocycles. The second kappa shape index (κ2) is 8.02. The standard InChI is InChI=1S/C25H21NO2S/c1-18-12-14-21(15-13-18)29(28)24-17-26(23-11-7-6-10-22(23)24)25(27)16-19(2)20-8-4-3-5-9-20/h3-17H,1-2H3/b19-16+. The van der Waals surface area contributed by atoms with Gasteiger partial charge in [0.05, 0.1) is 21.2 Å². The van der Waals surface area contributed by atoms with Crippen LogP contribution in [0.2, 0.25) is 0 Å². The van der Waals surface area contributed by atoms with Crippen molar-refractivity contribution in [1.82, 2.24) is 4.57 Å². The zero-order chi connectivity index (χ0) is 20.4. The summed E-state index contributed by atoms with van der Waals surface area (Å²) in [7, 11) is -1.37. The van der Waals surface area contributed by atoms with Gasteiger partial charge in [-0.05, 0) is 43.2 Å². The van der Waals surface area contributed by atoms with E-state index in [0.717, 1.165) is 32.5 Å². The summed E-state index contributed by atoms with van der Waals surface area (Å²) >= 11 is 0. The number of aromatic nitrogens is 1. The van der Waals surface area contributed by atoms with Gasteiger partial charge >= 0.3 is 0 Å². The monoisotopic (exact) mass is 399 g/mol. The Morgan fingerprint density at radius 3 is 2.28 bits per heavy atom. The average Bonchev–Trinajstić information content (AvgIpc) is 3.14. The predicted octanol–water partition coefficient (Wildman–Crippen LogP) is 5.86. The molecule has 1 atom stereocenters. The van der Waals surface area contributed by atoms with Gasteiger partial charge in [-0.25, -0.2) is 4.21 Å². The molecule has 0 saturated carbocycles. The quantitative estimate of drug-likeness (QED) is 0.403. The molecule has 4 heteroatoms. The van der Waals surface area contributed by atoms with E-state index in [2.05, 4.69) is 0 Å². The van der Waals surface area contributed by atoms with Crippen molar-refractivity contribution in [3.05, 3.63) is 102 Å². The molecule has 0 bridgehead atoms. The molecule has 1 unspecified atom stereocenters. The fourth-order valence-corrected chi connectivity index (χ4v) is 4.52. The van der Waals surface area contributed by atoms with Crippen LogP contribution in [0.25, 0.3) is 16.5 Å². The minimum absolute atomic E-state index is 0.158.